The van der Waals surface area contributed by atoms with Gasteiger partial charge in [0, 0.05) is 13.3 Å². The molecule has 0 fully saturated rings. The highest BCUT2D eigenvalue weighted by Gasteiger charge is 2.11. The summed E-state index contributed by atoms with van der Waals surface area (Å²) in [7, 11) is 0. The number of hydrogen-bond acceptors (Lipinski definition) is 4. The third kappa shape index (κ3) is 15.9. The maximum Gasteiger partial charge on any atom is 0.303 e. The van der Waals surface area contributed by atoms with Crippen LogP contribution in [-0.2, 0) is 25.7 Å². The quantitative estimate of drug-likeness (QED) is 0.171. The van der Waals surface area contributed by atoms with Crippen LogP contribution in [0, 0.1) is 0 Å². The molecule has 32 heavy (non-hydrogen) atoms. The third-order valence-electron chi connectivity index (χ3n) is 5.84. The summed E-state index contributed by atoms with van der Waals surface area (Å²) < 4.78 is 11.4. The molecule has 0 radical (unpaired) electrons. The lowest BCUT2D eigenvalue weighted by Crippen LogP contribution is -2.14. The first-order valence-electron chi connectivity index (χ1n) is 12.6. The number of benzene rings is 1. The fourth-order valence-corrected chi connectivity index (χ4v) is 3.97. The third-order valence-corrected chi connectivity index (χ3v) is 5.84. The standard InChI is InChI=1S/C27H44O5/c1-3-25(32-23(2)28)18-13-8-6-4-5-7-9-14-19-26(20-15-21-27(29)30)31-22-24-16-11-10-12-17-24/h10-12,16-17,25-26H,3-9,13-15,18-22H2,1-2H3,(H,29,30). The van der Waals surface area contributed by atoms with Gasteiger partial charge in [-0.3, -0.25) is 9.59 Å². The van der Waals surface area contributed by atoms with Crippen LogP contribution in [0.3, 0.4) is 0 Å². The molecule has 0 saturated heterocycles. The van der Waals surface area contributed by atoms with Crippen molar-refractivity contribution in [1.29, 1.82) is 0 Å². The summed E-state index contributed by atoms with van der Waals surface area (Å²) in [6.45, 7) is 4.14. The van der Waals surface area contributed by atoms with Crippen LogP contribution in [0.4, 0.5) is 0 Å². The Morgan fingerprint density at radius 3 is 1.88 bits per heavy atom. The number of aliphatic carboxylic acids is 1. The molecule has 0 aliphatic rings. The average molecular weight is 449 g/mol. The Bertz CT molecular complexity index is 601. The first-order valence-corrected chi connectivity index (χ1v) is 12.6. The second-order valence-corrected chi connectivity index (χ2v) is 8.75. The Kier molecular flexibility index (Phi) is 16.4. The van der Waals surface area contributed by atoms with E-state index in [1.54, 1.807) is 0 Å². The monoisotopic (exact) mass is 448 g/mol. The number of rotatable bonds is 20. The highest BCUT2D eigenvalue weighted by atomic mass is 16.5. The Morgan fingerprint density at radius 2 is 1.34 bits per heavy atom. The van der Waals surface area contributed by atoms with Gasteiger partial charge in [0.25, 0.3) is 0 Å². The molecule has 0 aliphatic heterocycles. The van der Waals surface area contributed by atoms with E-state index in [-0.39, 0.29) is 24.6 Å². The zero-order valence-electron chi connectivity index (χ0n) is 20.2. The summed E-state index contributed by atoms with van der Waals surface area (Å²) in [6, 6.07) is 10.2. The molecule has 182 valence electrons. The highest BCUT2D eigenvalue weighted by molar-refractivity contribution is 5.66. The fourth-order valence-electron chi connectivity index (χ4n) is 3.97. The molecule has 1 N–H and O–H groups in total. The summed E-state index contributed by atoms with van der Waals surface area (Å²) in [6.07, 6.45) is 14.5. The lowest BCUT2D eigenvalue weighted by molar-refractivity contribution is -0.146. The summed E-state index contributed by atoms with van der Waals surface area (Å²) in [5.41, 5.74) is 1.16. The molecule has 1 aromatic carbocycles. The predicted molar refractivity (Wildman–Crippen MR) is 129 cm³/mol. The summed E-state index contributed by atoms with van der Waals surface area (Å²) in [5.74, 6) is -0.908. The van der Waals surface area contributed by atoms with Gasteiger partial charge in [0.2, 0.25) is 0 Å². The van der Waals surface area contributed by atoms with Crippen molar-refractivity contribution in [2.24, 2.45) is 0 Å². The fraction of sp³-hybridized carbons (Fsp3) is 0.704. The minimum absolute atomic E-state index is 0.0834. The molecule has 0 saturated carbocycles. The summed E-state index contributed by atoms with van der Waals surface area (Å²) >= 11 is 0. The van der Waals surface area contributed by atoms with E-state index in [2.05, 4.69) is 19.1 Å². The average Bonchev–Trinajstić information content (AvgIpc) is 2.77. The normalized spacial score (nSPS) is 12.9. The van der Waals surface area contributed by atoms with Crippen LogP contribution >= 0.6 is 0 Å². The van der Waals surface area contributed by atoms with Crippen molar-refractivity contribution in [3.63, 3.8) is 0 Å². The van der Waals surface area contributed by atoms with Crippen LogP contribution < -0.4 is 0 Å². The van der Waals surface area contributed by atoms with Crippen molar-refractivity contribution in [1.82, 2.24) is 0 Å². The molecule has 5 nitrogen and oxygen atoms in total. The lowest BCUT2D eigenvalue weighted by Gasteiger charge is -2.18. The molecule has 1 aromatic rings. The van der Waals surface area contributed by atoms with E-state index in [0.717, 1.165) is 44.1 Å². The van der Waals surface area contributed by atoms with E-state index in [1.807, 2.05) is 18.2 Å². The molecule has 5 heteroatoms. The number of carboxylic acid groups (broad SMARTS) is 1. The van der Waals surface area contributed by atoms with Crippen LogP contribution in [-0.4, -0.2) is 29.3 Å². The number of carboxylic acids is 1. The first kappa shape index (κ1) is 28.2. The van der Waals surface area contributed by atoms with E-state index in [0.29, 0.717) is 13.0 Å². The van der Waals surface area contributed by atoms with Gasteiger partial charge >= 0.3 is 11.9 Å². The molecule has 0 spiro atoms. The summed E-state index contributed by atoms with van der Waals surface area (Å²) in [5, 5.41) is 8.90. The Hall–Kier alpha value is -1.88. The topological polar surface area (TPSA) is 72.8 Å². The van der Waals surface area contributed by atoms with Crippen molar-refractivity contribution in [2.75, 3.05) is 0 Å². The Labute approximate surface area is 194 Å². The van der Waals surface area contributed by atoms with Crippen molar-refractivity contribution in [3.05, 3.63) is 35.9 Å². The van der Waals surface area contributed by atoms with Gasteiger partial charge in [0.1, 0.15) is 6.10 Å². The predicted octanol–water partition coefficient (Wildman–Crippen LogP) is 7.07. The zero-order valence-corrected chi connectivity index (χ0v) is 20.2. The minimum atomic E-state index is -0.733. The number of unbranched alkanes of at least 4 members (excludes halogenated alkanes) is 7. The van der Waals surface area contributed by atoms with E-state index in [1.165, 1.54) is 45.4 Å². The van der Waals surface area contributed by atoms with Crippen molar-refractivity contribution < 1.29 is 24.2 Å². The second-order valence-electron chi connectivity index (χ2n) is 8.75. The van der Waals surface area contributed by atoms with Gasteiger partial charge in [-0.1, -0.05) is 82.2 Å². The zero-order chi connectivity index (χ0) is 23.4. The smallest absolute Gasteiger partial charge is 0.303 e. The van der Waals surface area contributed by atoms with E-state index >= 15 is 0 Å². The van der Waals surface area contributed by atoms with E-state index in [9.17, 15) is 9.59 Å². The maximum absolute atomic E-state index is 11.0. The molecule has 0 bridgehead atoms. The molecule has 0 heterocycles. The molecular weight excluding hydrogens is 404 g/mol. The number of carbonyl (C=O) groups excluding carboxylic acids is 1. The highest BCUT2D eigenvalue weighted by Crippen LogP contribution is 2.18. The number of carbonyl (C=O) groups is 2. The lowest BCUT2D eigenvalue weighted by atomic mass is 10.0. The van der Waals surface area contributed by atoms with Gasteiger partial charge in [-0.2, -0.15) is 0 Å². The van der Waals surface area contributed by atoms with Gasteiger partial charge in [-0.25, -0.2) is 0 Å². The number of hydrogen-bond donors (Lipinski definition) is 1. The van der Waals surface area contributed by atoms with Crippen LogP contribution in [0.1, 0.15) is 109 Å². The van der Waals surface area contributed by atoms with E-state index in [4.69, 9.17) is 14.6 Å². The van der Waals surface area contributed by atoms with Crippen LogP contribution in [0.25, 0.3) is 0 Å². The molecular formula is C27H44O5. The van der Waals surface area contributed by atoms with Crippen molar-refractivity contribution in [3.8, 4) is 0 Å². The number of esters is 1. The first-order chi connectivity index (χ1) is 15.5. The van der Waals surface area contributed by atoms with Gasteiger partial charge in [-0.05, 0) is 44.1 Å². The molecule has 2 unspecified atom stereocenters. The van der Waals surface area contributed by atoms with Crippen molar-refractivity contribution >= 4 is 11.9 Å². The second kappa shape index (κ2) is 18.7. The Morgan fingerprint density at radius 1 is 0.812 bits per heavy atom. The number of ether oxygens (including phenoxy) is 2. The van der Waals surface area contributed by atoms with Gasteiger partial charge in [-0.15, -0.1) is 0 Å². The molecule has 0 amide bonds. The molecule has 1 rings (SSSR count). The molecule has 2 atom stereocenters. The minimum Gasteiger partial charge on any atom is -0.481 e. The van der Waals surface area contributed by atoms with Gasteiger partial charge in [0.15, 0.2) is 0 Å². The Balaban J connectivity index is 2.11. The van der Waals surface area contributed by atoms with Crippen LogP contribution in [0.5, 0.6) is 0 Å². The summed E-state index contributed by atoms with van der Waals surface area (Å²) in [4.78, 5) is 21.9. The van der Waals surface area contributed by atoms with Crippen LogP contribution in [0.15, 0.2) is 30.3 Å². The van der Waals surface area contributed by atoms with E-state index < -0.39 is 5.97 Å². The maximum atomic E-state index is 11.0. The van der Waals surface area contributed by atoms with Crippen molar-refractivity contribution in [2.45, 2.75) is 123 Å². The van der Waals surface area contributed by atoms with Crippen LogP contribution in [0.2, 0.25) is 0 Å². The van der Waals surface area contributed by atoms with Gasteiger partial charge in [0.05, 0.1) is 12.7 Å². The van der Waals surface area contributed by atoms with Gasteiger partial charge < -0.3 is 14.6 Å². The SMILES string of the molecule is CCC(CCCCCCCCCCC(CCCC(=O)O)OCc1ccccc1)OC(C)=O. The largest absolute Gasteiger partial charge is 0.481 e. The molecule has 0 aromatic heterocycles. The molecule has 0 aliphatic carbocycles.